The van der Waals surface area contributed by atoms with E-state index in [0.29, 0.717) is 12.0 Å². The number of hydrogen-bond donors (Lipinski definition) is 0. The van der Waals surface area contributed by atoms with Crippen molar-refractivity contribution in [3.63, 3.8) is 0 Å². The van der Waals surface area contributed by atoms with Crippen LogP contribution in [0.5, 0.6) is 0 Å². The number of tetrazole rings is 1. The summed E-state index contributed by atoms with van der Waals surface area (Å²) in [6.07, 6.45) is 4.85. The normalized spacial score (nSPS) is 23.6. The molecule has 6 nitrogen and oxygen atoms in total. The topological polar surface area (TPSA) is 60.0 Å². The molecule has 23 heavy (non-hydrogen) atoms. The molecule has 2 saturated carbocycles. The first kappa shape index (κ1) is 14.9. The lowest BCUT2D eigenvalue weighted by molar-refractivity contribution is 0.213. The molecule has 2 heterocycles. The smallest absolute Gasteiger partial charge is 0.165 e. The highest BCUT2D eigenvalue weighted by Crippen LogP contribution is 2.47. The number of hydrogen-bond acceptors (Lipinski definition) is 5. The molecule has 0 aliphatic heterocycles. The maximum Gasteiger partial charge on any atom is 0.165 e. The van der Waals surface area contributed by atoms with Crippen LogP contribution in [0, 0.1) is 5.92 Å². The van der Waals surface area contributed by atoms with Gasteiger partial charge in [0.2, 0.25) is 0 Å². The molecular formula is C17H25N5O. The van der Waals surface area contributed by atoms with Crippen LogP contribution in [0.1, 0.15) is 62.8 Å². The van der Waals surface area contributed by atoms with E-state index in [1.807, 2.05) is 4.68 Å². The van der Waals surface area contributed by atoms with Gasteiger partial charge in [0.1, 0.15) is 11.5 Å². The number of aromatic nitrogens is 4. The third kappa shape index (κ3) is 3.32. The van der Waals surface area contributed by atoms with Crippen molar-refractivity contribution in [3.8, 4) is 0 Å². The van der Waals surface area contributed by atoms with Crippen molar-refractivity contribution in [2.45, 2.75) is 71.1 Å². The fourth-order valence-electron chi connectivity index (χ4n) is 3.25. The van der Waals surface area contributed by atoms with Crippen LogP contribution < -0.4 is 0 Å². The third-order valence-electron chi connectivity index (χ3n) is 4.97. The molecule has 0 spiro atoms. The lowest BCUT2D eigenvalue weighted by Crippen LogP contribution is -2.27. The predicted octanol–water partition coefficient (Wildman–Crippen LogP) is 2.96. The van der Waals surface area contributed by atoms with Gasteiger partial charge in [0, 0.05) is 18.5 Å². The Morgan fingerprint density at radius 2 is 2.13 bits per heavy atom. The zero-order chi connectivity index (χ0) is 15.8. The minimum absolute atomic E-state index is 0.648. The van der Waals surface area contributed by atoms with Crippen LogP contribution in [0.3, 0.4) is 0 Å². The summed E-state index contributed by atoms with van der Waals surface area (Å²) >= 11 is 0. The molecule has 0 saturated heterocycles. The average Bonchev–Trinajstić information content (AvgIpc) is 3.42. The first-order chi connectivity index (χ1) is 11.2. The lowest BCUT2D eigenvalue weighted by atomic mass is 10.3. The molecule has 0 radical (unpaired) electrons. The van der Waals surface area contributed by atoms with E-state index >= 15 is 0 Å². The standard InChI is InChI=1S/C17H25N5O/c1-3-8-22-17(18-19-20-22)11-21(13-4-5-13)10-14-6-7-16(23-14)15-9-12(15)2/h6-7,12-13,15H,3-5,8-11H2,1-2H3/t12-,15-/m1/s1. The van der Waals surface area contributed by atoms with Crippen LogP contribution in [0.25, 0.3) is 0 Å². The molecule has 0 N–H and O–H groups in total. The molecule has 124 valence electrons. The van der Waals surface area contributed by atoms with E-state index in [1.54, 1.807) is 0 Å². The maximum atomic E-state index is 6.08. The summed E-state index contributed by atoms with van der Waals surface area (Å²) in [6, 6.07) is 4.95. The first-order valence-electron chi connectivity index (χ1n) is 8.82. The van der Waals surface area contributed by atoms with Crippen LogP contribution in [0.4, 0.5) is 0 Å². The minimum atomic E-state index is 0.648. The van der Waals surface area contributed by atoms with Gasteiger partial charge in [-0.05, 0) is 54.2 Å². The Labute approximate surface area is 136 Å². The van der Waals surface area contributed by atoms with Crippen molar-refractivity contribution in [2.75, 3.05) is 0 Å². The Kier molecular flexibility index (Phi) is 3.93. The van der Waals surface area contributed by atoms with Gasteiger partial charge in [0.15, 0.2) is 5.82 Å². The second kappa shape index (κ2) is 6.07. The summed E-state index contributed by atoms with van der Waals surface area (Å²) in [4.78, 5) is 2.46. The van der Waals surface area contributed by atoms with Crippen molar-refractivity contribution < 1.29 is 4.42 Å². The minimum Gasteiger partial charge on any atom is -0.464 e. The molecule has 2 aliphatic rings. The molecule has 2 aromatic heterocycles. The molecule has 2 aliphatic carbocycles. The van der Waals surface area contributed by atoms with Gasteiger partial charge in [-0.3, -0.25) is 4.90 Å². The molecule has 2 aromatic rings. The average molecular weight is 315 g/mol. The van der Waals surface area contributed by atoms with Crippen LogP contribution >= 0.6 is 0 Å². The molecular weight excluding hydrogens is 290 g/mol. The highest BCUT2D eigenvalue weighted by molar-refractivity contribution is 5.17. The fourth-order valence-corrected chi connectivity index (χ4v) is 3.25. The van der Waals surface area contributed by atoms with E-state index in [2.05, 4.69) is 46.4 Å². The van der Waals surface area contributed by atoms with Crippen LogP contribution in [0.15, 0.2) is 16.5 Å². The zero-order valence-corrected chi connectivity index (χ0v) is 14.0. The molecule has 0 aromatic carbocycles. The van der Waals surface area contributed by atoms with Crippen molar-refractivity contribution in [2.24, 2.45) is 5.92 Å². The molecule has 4 rings (SSSR count). The van der Waals surface area contributed by atoms with Gasteiger partial charge in [-0.25, -0.2) is 4.68 Å². The number of nitrogens with zero attached hydrogens (tertiary/aromatic N) is 5. The molecule has 0 bridgehead atoms. The van der Waals surface area contributed by atoms with Crippen LogP contribution in [0.2, 0.25) is 0 Å². The third-order valence-corrected chi connectivity index (χ3v) is 4.97. The molecule has 0 unspecified atom stereocenters. The van der Waals surface area contributed by atoms with Crippen molar-refractivity contribution in [1.29, 1.82) is 0 Å². The van der Waals surface area contributed by atoms with E-state index < -0.39 is 0 Å². The van der Waals surface area contributed by atoms with Crippen LogP contribution in [-0.4, -0.2) is 31.1 Å². The summed E-state index contributed by atoms with van der Waals surface area (Å²) in [7, 11) is 0. The van der Waals surface area contributed by atoms with Gasteiger partial charge >= 0.3 is 0 Å². The fraction of sp³-hybridized carbons (Fsp3) is 0.706. The number of furan rings is 1. The lowest BCUT2D eigenvalue weighted by Gasteiger charge is -2.20. The van der Waals surface area contributed by atoms with Gasteiger partial charge in [0.25, 0.3) is 0 Å². The van der Waals surface area contributed by atoms with E-state index in [4.69, 9.17) is 4.42 Å². The summed E-state index contributed by atoms with van der Waals surface area (Å²) < 4.78 is 8.01. The Morgan fingerprint density at radius 1 is 1.30 bits per heavy atom. The van der Waals surface area contributed by atoms with Crippen molar-refractivity contribution in [1.82, 2.24) is 25.1 Å². The molecule has 2 fully saturated rings. The Bertz CT molecular complexity index is 659. The predicted molar refractivity (Wildman–Crippen MR) is 85.6 cm³/mol. The second-order valence-electron chi connectivity index (χ2n) is 7.08. The van der Waals surface area contributed by atoms with Crippen molar-refractivity contribution >= 4 is 0 Å². The summed E-state index contributed by atoms with van der Waals surface area (Å²) in [5.74, 6) is 4.63. The summed E-state index contributed by atoms with van der Waals surface area (Å²) in [5, 5.41) is 12.1. The van der Waals surface area contributed by atoms with E-state index in [0.717, 1.165) is 43.6 Å². The largest absolute Gasteiger partial charge is 0.464 e. The maximum absolute atomic E-state index is 6.08. The monoisotopic (exact) mass is 315 g/mol. The van der Waals surface area contributed by atoms with Gasteiger partial charge in [-0.1, -0.05) is 13.8 Å². The Balaban J connectivity index is 1.43. The SMILES string of the molecule is CCCn1nnnc1CN(Cc1ccc([C@@H]2C[C@H]2C)o1)C1CC1. The molecule has 6 heteroatoms. The van der Waals surface area contributed by atoms with Crippen molar-refractivity contribution in [3.05, 3.63) is 29.5 Å². The molecule has 0 amide bonds. The Hall–Kier alpha value is -1.69. The zero-order valence-electron chi connectivity index (χ0n) is 14.0. The van der Waals surface area contributed by atoms with Crippen LogP contribution in [-0.2, 0) is 19.6 Å². The first-order valence-corrected chi connectivity index (χ1v) is 8.82. The van der Waals surface area contributed by atoms with Gasteiger partial charge in [-0.2, -0.15) is 0 Å². The van der Waals surface area contributed by atoms with E-state index in [-0.39, 0.29) is 0 Å². The van der Waals surface area contributed by atoms with E-state index in [9.17, 15) is 0 Å². The van der Waals surface area contributed by atoms with E-state index in [1.165, 1.54) is 25.0 Å². The Morgan fingerprint density at radius 3 is 2.83 bits per heavy atom. The number of aryl methyl sites for hydroxylation is 1. The van der Waals surface area contributed by atoms with Gasteiger partial charge < -0.3 is 4.42 Å². The highest BCUT2D eigenvalue weighted by atomic mass is 16.3. The van der Waals surface area contributed by atoms with Gasteiger partial charge in [-0.15, -0.1) is 5.10 Å². The quantitative estimate of drug-likeness (QED) is 0.749. The van der Waals surface area contributed by atoms with Gasteiger partial charge in [0.05, 0.1) is 13.1 Å². The highest BCUT2D eigenvalue weighted by Gasteiger charge is 2.37. The summed E-state index contributed by atoms with van der Waals surface area (Å²) in [5.41, 5.74) is 0. The molecule has 2 atom stereocenters. The number of rotatable bonds is 8. The second-order valence-corrected chi connectivity index (χ2v) is 7.08. The summed E-state index contributed by atoms with van der Waals surface area (Å²) in [6.45, 7) is 6.97.